The van der Waals surface area contributed by atoms with Gasteiger partial charge in [0.05, 0.1) is 17.3 Å². The van der Waals surface area contributed by atoms with Crippen molar-refractivity contribution in [2.45, 2.75) is 45.4 Å². The molecule has 0 fully saturated rings. The molecule has 5 nitrogen and oxygen atoms in total. The lowest BCUT2D eigenvalue weighted by atomic mass is 10.0. The lowest BCUT2D eigenvalue weighted by Gasteiger charge is -2.18. The van der Waals surface area contributed by atoms with Crippen LogP contribution in [0.5, 0.6) is 0 Å². The van der Waals surface area contributed by atoms with Crippen LogP contribution in [0.3, 0.4) is 0 Å². The van der Waals surface area contributed by atoms with E-state index in [2.05, 4.69) is 30.5 Å². The number of methoxy groups -OCH3 is 1. The van der Waals surface area contributed by atoms with Gasteiger partial charge in [0.15, 0.2) is 0 Å². The smallest absolute Gasteiger partial charge is 0.0719 e. The van der Waals surface area contributed by atoms with Crippen LogP contribution in [0.25, 0.3) is 10.9 Å². The molecule has 5 heteroatoms. The summed E-state index contributed by atoms with van der Waals surface area (Å²) in [6.45, 7) is 5.03. The van der Waals surface area contributed by atoms with Crippen LogP contribution in [0.4, 0.5) is 0 Å². The van der Waals surface area contributed by atoms with Crippen LogP contribution >= 0.6 is 0 Å². The zero-order valence-corrected chi connectivity index (χ0v) is 12.5. The van der Waals surface area contributed by atoms with Gasteiger partial charge in [-0.3, -0.25) is 16.0 Å². The monoisotopic (exact) mass is 276 g/mol. The predicted octanol–water partition coefficient (Wildman–Crippen LogP) is 1.86. The second-order valence-corrected chi connectivity index (χ2v) is 5.13. The first-order valence-corrected chi connectivity index (χ1v) is 7.12. The van der Waals surface area contributed by atoms with Crippen molar-refractivity contribution in [3.8, 4) is 0 Å². The van der Waals surface area contributed by atoms with Gasteiger partial charge in [0.1, 0.15) is 0 Å². The molecular formula is C15H24N4O. The Morgan fingerprint density at radius 3 is 2.80 bits per heavy atom. The number of fused-ring (bicyclic) bond motifs is 1. The minimum Gasteiger partial charge on any atom is -0.382 e. The molecule has 0 saturated carbocycles. The number of hydrazine groups is 1. The number of hydrogen-bond acceptors (Lipinski definition) is 4. The summed E-state index contributed by atoms with van der Waals surface area (Å²) in [6, 6.07) is 8.49. The van der Waals surface area contributed by atoms with Crippen LogP contribution in [0.15, 0.2) is 24.3 Å². The molecule has 1 aromatic carbocycles. The zero-order valence-electron chi connectivity index (χ0n) is 12.5. The third kappa shape index (κ3) is 3.17. The summed E-state index contributed by atoms with van der Waals surface area (Å²) in [5, 5.41) is 5.92. The maximum Gasteiger partial charge on any atom is 0.0719 e. The van der Waals surface area contributed by atoms with Crippen LogP contribution in [0.2, 0.25) is 0 Å². The number of para-hydroxylation sites is 1. The molecule has 0 aliphatic rings. The SMILES string of the molecule is CCn1nc(CC(CC(C)OC)NN)c2ccccc21. The van der Waals surface area contributed by atoms with Crippen molar-refractivity contribution in [2.75, 3.05) is 7.11 Å². The van der Waals surface area contributed by atoms with Crippen LogP contribution in [0.1, 0.15) is 26.0 Å². The Labute approximate surface area is 120 Å². The number of nitrogens with one attached hydrogen (secondary N) is 1. The van der Waals surface area contributed by atoms with E-state index in [-0.39, 0.29) is 12.1 Å². The Hall–Kier alpha value is -1.43. The Morgan fingerprint density at radius 1 is 1.40 bits per heavy atom. The number of hydrogen-bond donors (Lipinski definition) is 2. The van der Waals surface area contributed by atoms with Gasteiger partial charge in [-0.1, -0.05) is 18.2 Å². The molecule has 0 bridgehead atoms. The van der Waals surface area contributed by atoms with E-state index in [4.69, 9.17) is 15.7 Å². The minimum atomic E-state index is 0.161. The average molecular weight is 276 g/mol. The van der Waals surface area contributed by atoms with E-state index in [1.807, 2.05) is 17.7 Å². The first-order chi connectivity index (χ1) is 9.69. The van der Waals surface area contributed by atoms with E-state index in [0.29, 0.717) is 0 Å². The second-order valence-electron chi connectivity index (χ2n) is 5.13. The fraction of sp³-hybridized carbons (Fsp3) is 0.533. The molecule has 20 heavy (non-hydrogen) atoms. The Bertz CT molecular complexity index is 552. The summed E-state index contributed by atoms with van der Waals surface area (Å²) >= 11 is 0. The van der Waals surface area contributed by atoms with Crippen molar-refractivity contribution in [1.29, 1.82) is 0 Å². The number of nitrogens with zero attached hydrogens (tertiary/aromatic N) is 2. The first kappa shape index (κ1) is 15.0. The standard InChI is InChI=1S/C15H24N4O/c1-4-19-15-8-6-5-7-13(15)14(18-19)10-12(17-16)9-11(2)20-3/h5-8,11-12,17H,4,9-10,16H2,1-3H3. The highest BCUT2D eigenvalue weighted by atomic mass is 16.5. The molecule has 1 heterocycles. The van der Waals surface area contributed by atoms with Gasteiger partial charge >= 0.3 is 0 Å². The topological polar surface area (TPSA) is 65.1 Å². The fourth-order valence-electron chi connectivity index (χ4n) is 2.53. The maximum absolute atomic E-state index is 5.67. The van der Waals surface area contributed by atoms with E-state index in [1.54, 1.807) is 7.11 Å². The normalized spacial score (nSPS) is 14.6. The van der Waals surface area contributed by atoms with Gasteiger partial charge in [0, 0.05) is 31.5 Å². The molecule has 0 spiro atoms. The molecular weight excluding hydrogens is 252 g/mol. The third-order valence-corrected chi connectivity index (χ3v) is 3.73. The number of benzene rings is 1. The van der Waals surface area contributed by atoms with Crippen LogP contribution in [0, 0.1) is 0 Å². The first-order valence-electron chi connectivity index (χ1n) is 7.12. The summed E-state index contributed by atoms with van der Waals surface area (Å²) in [7, 11) is 1.72. The molecule has 110 valence electrons. The molecule has 2 rings (SSSR count). The lowest BCUT2D eigenvalue weighted by molar-refractivity contribution is 0.100. The van der Waals surface area contributed by atoms with Crippen molar-refractivity contribution < 1.29 is 4.74 Å². The van der Waals surface area contributed by atoms with Gasteiger partial charge in [-0.15, -0.1) is 0 Å². The van der Waals surface area contributed by atoms with E-state index >= 15 is 0 Å². The summed E-state index contributed by atoms with van der Waals surface area (Å²) < 4.78 is 7.35. The molecule has 0 amide bonds. The molecule has 2 aromatic rings. The molecule has 0 aliphatic carbocycles. The van der Waals surface area contributed by atoms with Crippen molar-refractivity contribution >= 4 is 10.9 Å². The summed E-state index contributed by atoms with van der Waals surface area (Å²) in [5.74, 6) is 5.67. The van der Waals surface area contributed by atoms with E-state index < -0.39 is 0 Å². The number of aryl methyl sites for hydroxylation is 1. The zero-order chi connectivity index (χ0) is 14.5. The van der Waals surface area contributed by atoms with Crippen molar-refractivity contribution in [3.05, 3.63) is 30.0 Å². The van der Waals surface area contributed by atoms with Gasteiger partial charge in [-0.2, -0.15) is 5.10 Å². The summed E-state index contributed by atoms with van der Waals surface area (Å²) in [4.78, 5) is 0. The Balaban J connectivity index is 2.24. The largest absolute Gasteiger partial charge is 0.382 e. The van der Waals surface area contributed by atoms with E-state index in [1.165, 1.54) is 10.9 Å². The lowest BCUT2D eigenvalue weighted by Crippen LogP contribution is -2.39. The number of ether oxygens (including phenoxy) is 1. The molecule has 3 N–H and O–H groups in total. The van der Waals surface area contributed by atoms with Gasteiger partial charge in [0.25, 0.3) is 0 Å². The number of aromatic nitrogens is 2. The van der Waals surface area contributed by atoms with Crippen molar-refractivity contribution in [3.63, 3.8) is 0 Å². The summed E-state index contributed by atoms with van der Waals surface area (Å²) in [6.07, 6.45) is 1.84. The third-order valence-electron chi connectivity index (χ3n) is 3.73. The molecule has 0 radical (unpaired) electrons. The highest BCUT2D eigenvalue weighted by Crippen LogP contribution is 2.20. The maximum atomic E-state index is 5.67. The number of nitrogens with two attached hydrogens (primary N) is 1. The quantitative estimate of drug-likeness (QED) is 0.598. The van der Waals surface area contributed by atoms with Gasteiger partial charge in [-0.25, -0.2) is 0 Å². The van der Waals surface area contributed by atoms with Crippen LogP contribution < -0.4 is 11.3 Å². The molecule has 2 unspecified atom stereocenters. The van der Waals surface area contributed by atoms with E-state index in [0.717, 1.165) is 25.1 Å². The van der Waals surface area contributed by atoms with Crippen molar-refractivity contribution in [1.82, 2.24) is 15.2 Å². The predicted molar refractivity (Wildman–Crippen MR) is 81.3 cm³/mol. The van der Waals surface area contributed by atoms with Crippen LogP contribution in [-0.2, 0) is 17.7 Å². The van der Waals surface area contributed by atoms with E-state index in [9.17, 15) is 0 Å². The molecule has 0 aliphatic heterocycles. The molecule has 1 aromatic heterocycles. The average Bonchev–Trinajstić information content (AvgIpc) is 2.84. The highest BCUT2D eigenvalue weighted by Gasteiger charge is 2.16. The van der Waals surface area contributed by atoms with Gasteiger partial charge < -0.3 is 4.74 Å². The number of rotatable bonds is 7. The Kier molecular flexibility index (Phi) is 5.11. The van der Waals surface area contributed by atoms with Crippen molar-refractivity contribution in [2.24, 2.45) is 5.84 Å². The van der Waals surface area contributed by atoms with Gasteiger partial charge in [0.2, 0.25) is 0 Å². The molecule has 0 saturated heterocycles. The minimum absolute atomic E-state index is 0.161. The summed E-state index contributed by atoms with van der Waals surface area (Å²) in [5.41, 5.74) is 5.15. The van der Waals surface area contributed by atoms with Crippen LogP contribution in [-0.4, -0.2) is 29.0 Å². The fourth-order valence-corrected chi connectivity index (χ4v) is 2.53. The van der Waals surface area contributed by atoms with Gasteiger partial charge in [-0.05, 0) is 26.3 Å². The highest BCUT2D eigenvalue weighted by molar-refractivity contribution is 5.82. The second kappa shape index (κ2) is 6.83. The molecule has 2 atom stereocenters. The Morgan fingerprint density at radius 2 is 2.15 bits per heavy atom.